The van der Waals surface area contributed by atoms with Gasteiger partial charge < -0.3 is 20.6 Å². The summed E-state index contributed by atoms with van der Waals surface area (Å²) in [6.07, 6.45) is 5.06. The Morgan fingerprint density at radius 3 is 2.41 bits per heavy atom. The van der Waals surface area contributed by atoms with E-state index < -0.39 is 24.5 Å². The van der Waals surface area contributed by atoms with E-state index in [-0.39, 0.29) is 13.1 Å². The van der Waals surface area contributed by atoms with Crippen LogP contribution in [0.5, 0.6) is 0 Å². The lowest BCUT2D eigenvalue weighted by atomic mass is 10.5. The summed E-state index contributed by atoms with van der Waals surface area (Å²) in [7, 11) is 0. The SMILES string of the molecule is C#CCN(CC)C(=O)NCC(=O)NCC(=O)O. The van der Waals surface area contributed by atoms with Crippen LogP contribution in [0.3, 0.4) is 0 Å². The van der Waals surface area contributed by atoms with Crippen molar-refractivity contribution in [3.05, 3.63) is 0 Å². The molecule has 7 heteroatoms. The van der Waals surface area contributed by atoms with Gasteiger partial charge in [-0.15, -0.1) is 6.42 Å². The molecular weight excluding hydrogens is 226 g/mol. The zero-order chi connectivity index (χ0) is 13.3. The molecule has 7 nitrogen and oxygen atoms in total. The Labute approximate surface area is 99.2 Å². The van der Waals surface area contributed by atoms with E-state index >= 15 is 0 Å². The predicted octanol–water partition coefficient (Wildman–Crippen LogP) is -1.15. The van der Waals surface area contributed by atoms with Gasteiger partial charge in [-0.25, -0.2) is 4.79 Å². The molecule has 94 valence electrons. The second-order valence-electron chi connectivity index (χ2n) is 3.05. The van der Waals surface area contributed by atoms with Gasteiger partial charge in [0.25, 0.3) is 0 Å². The number of carbonyl (C=O) groups excluding carboxylic acids is 2. The van der Waals surface area contributed by atoms with Crippen molar-refractivity contribution >= 4 is 17.9 Å². The lowest BCUT2D eigenvalue weighted by Crippen LogP contribution is -2.45. The topological polar surface area (TPSA) is 98.7 Å². The summed E-state index contributed by atoms with van der Waals surface area (Å²) in [4.78, 5) is 34.0. The zero-order valence-electron chi connectivity index (χ0n) is 9.52. The minimum atomic E-state index is -1.15. The fourth-order valence-electron chi connectivity index (χ4n) is 0.942. The summed E-state index contributed by atoms with van der Waals surface area (Å²) in [6, 6.07) is -0.462. The molecule has 0 radical (unpaired) electrons. The van der Waals surface area contributed by atoms with Crippen molar-refractivity contribution < 1.29 is 19.5 Å². The average molecular weight is 241 g/mol. The first-order valence-electron chi connectivity index (χ1n) is 4.96. The van der Waals surface area contributed by atoms with E-state index in [1.165, 1.54) is 4.90 Å². The Morgan fingerprint density at radius 2 is 1.94 bits per heavy atom. The molecule has 0 aliphatic carbocycles. The Kier molecular flexibility index (Phi) is 6.94. The third-order valence-corrected chi connectivity index (χ3v) is 1.79. The number of hydrogen-bond acceptors (Lipinski definition) is 3. The molecular formula is C10H15N3O4. The molecule has 0 unspecified atom stereocenters. The first-order valence-corrected chi connectivity index (χ1v) is 4.96. The minimum absolute atomic E-state index is 0.152. The van der Waals surface area contributed by atoms with Crippen LogP contribution in [0.15, 0.2) is 0 Å². The van der Waals surface area contributed by atoms with E-state index in [2.05, 4.69) is 16.6 Å². The Morgan fingerprint density at radius 1 is 1.29 bits per heavy atom. The van der Waals surface area contributed by atoms with Crippen LogP contribution in [0.2, 0.25) is 0 Å². The lowest BCUT2D eigenvalue weighted by molar-refractivity contribution is -0.137. The van der Waals surface area contributed by atoms with Gasteiger partial charge in [0.15, 0.2) is 0 Å². The number of terminal acetylenes is 1. The maximum Gasteiger partial charge on any atom is 0.322 e. The van der Waals surface area contributed by atoms with Crippen molar-refractivity contribution in [2.75, 3.05) is 26.2 Å². The Balaban J connectivity index is 3.94. The van der Waals surface area contributed by atoms with Gasteiger partial charge >= 0.3 is 12.0 Å². The number of nitrogens with zero attached hydrogens (tertiary/aromatic N) is 1. The smallest absolute Gasteiger partial charge is 0.322 e. The first kappa shape index (κ1) is 14.8. The van der Waals surface area contributed by atoms with Crippen molar-refractivity contribution in [3.63, 3.8) is 0 Å². The number of carbonyl (C=O) groups is 3. The van der Waals surface area contributed by atoms with Gasteiger partial charge in [0.2, 0.25) is 5.91 Å². The second kappa shape index (κ2) is 7.98. The number of carboxylic acid groups (broad SMARTS) is 1. The number of aliphatic carboxylic acids is 1. The molecule has 0 fully saturated rings. The van der Waals surface area contributed by atoms with Gasteiger partial charge in [-0.3, -0.25) is 9.59 Å². The maximum absolute atomic E-state index is 11.4. The molecule has 0 aliphatic rings. The summed E-state index contributed by atoms with van der Waals surface area (Å²) in [6.45, 7) is 1.57. The van der Waals surface area contributed by atoms with Gasteiger partial charge in [-0.05, 0) is 6.92 Å². The van der Waals surface area contributed by atoms with Crippen LogP contribution >= 0.6 is 0 Å². The van der Waals surface area contributed by atoms with E-state index in [0.29, 0.717) is 6.54 Å². The van der Waals surface area contributed by atoms with Gasteiger partial charge in [0.1, 0.15) is 6.54 Å². The summed E-state index contributed by atoms with van der Waals surface area (Å²) in [5, 5.41) is 12.7. The summed E-state index contributed by atoms with van der Waals surface area (Å²) < 4.78 is 0. The molecule has 0 heterocycles. The highest BCUT2D eigenvalue weighted by molar-refractivity contribution is 5.86. The molecule has 0 aromatic carbocycles. The van der Waals surface area contributed by atoms with Gasteiger partial charge in [0, 0.05) is 6.54 Å². The van der Waals surface area contributed by atoms with Crippen molar-refractivity contribution in [1.29, 1.82) is 0 Å². The number of carboxylic acids is 1. The molecule has 0 bridgehead atoms. The molecule has 0 saturated heterocycles. The second-order valence-corrected chi connectivity index (χ2v) is 3.05. The van der Waals surface area contributed by atoms with Crippen LogP contribution in [0.1, 0.15) is 6.92 Å². The number of amides is 3. The largest absolute Gasteiger partial charge is 0.480 e. The van der Waals surface area contributed by atoms with E-state index in [4.69, 9.17) is 11.5 Å². The van der Waals surface area contributed by atoms with E-state index in [1.807, 2.05) is 0 Å². The third kappa shape index (κ3) is 6.78. The first-order chi connectivity index (χ1) is 8.01. The Bertz CT molecular complexity index is 335. The molecule has 3 N–H and O–H groups in total. The minimum Gasteiger partial charge on any atom is -0.480 e. The van der Waals surface area contributed by atoms with Crippen LogP contribution in [-0.2, 0) is 9.59 Å². The van der Waals surface area contributed by atoms with E-state index in [1.54, 1.807) is 6.92 Å². The summed E-state index contributed by atoms with van der Waals surface area (Å²) >= 11 is 0. The third-order valence-electron chi connectivity index (χ3n) is 1.79. The van der Waals surface area contributed by atoms with Crippen LogP contribution in [0.25, 0.3) is 0 Å². The standard InChI is InChI=1S/C10H15N3O4/c1-3-5-13(4-2)10(17)12-6-8(14)11-7-9(15)16/h1H,4-7H2,2H3,(H,11,14)(H,12,17)(H,15,16). The van der Waals surface area contributed by atoms with Crippen LogP contribution in [0.4, 0.5) is 4.79 Å². The van der Waals surface area contributed by atoms with Gasteiger partial charge in [-0.2, -0.15) is 0 Å². The number of nitrogens with one attached hydrogen (secondary N) is 2. The van der Waals surface area contributed by atoms with Crippen LogP contribution in [0, 0.1) is 12.3 Å². The number of hydrogen-bond donors (Lipinski definition) is 3. The number of urea groups is 1. The highest BCUT2D eigenvalue weighted by Crippen LogP contribution is 1.87. The molecule has 0 aromatic rings. The van der Waals surface area contributed by atoms with Crippen molar-refractivity contribution in [1.82, 2.24) is 15.5 Å². The van der Waals surface area contributed by atoms with Crippen molar-refractivity contribution in [3.8, 4) is 12.3 Å². The maximum atomic E-state index is 11.4. The van der Waals surface area contributed by atoms with Crippen LogP contribution in [-0.4, -0.2) is 54.1 Å². The molecule has 0 atom stereocenters. The fraction of sp³-hybridized carbons (Fsp3) is 0.500. The fourth-order valence-corrected chi connectivity index (χ4v) is 0.942. The van der Waals surface area contributed by atoms with Crippen molar-refractivity contribution in [2.24, 2.45) is 0 Å². The number of rotatable bonds is 6. The molecule has 3 amide bonds. The zero-order valence-corrected chi connectivity index (χ0v) is 9.52. The van der Waals surface area contributed by atoms with Crippen LogP contribution < -0.4 is 10.6 Å². The lowest BCUT2D eigenvalue weighted by Gasteiger charge is -2.18. The molecule has 0 saturated carbocycles. The molecule has 0 aliphatic heterocycles. The molecule has 0 aromatic heterocycles. The normalized spacial score (nSPS) is 8.94. The predicted molar refractivity (Wildman–Crippen MR) is 60.1 cm³/mol. The van der Waals surface area contributed by atoms with E-state index in [0.717, 1.165) is 0 Å². The van der Waals surface area contributed by atoms with Gasteiger partial charge in [-0.1, -0.05) is 5.92 Å². The molecule has 0 rings (SSSR count). The van der Waals surface area contributed by atoms with E-state index in [9.17, 15) is 14.4 Å². The molecule has 17 heavy (non-hydrogen) atoms. The highest BCUT2D eigenvalue weighted by Gasteiger charge is 2.11. The Hall–Kier alpha value is -2.23. The molecule has 0 spiro atoms. The summed E-state index contributed by atoms with van der Waals surface area (Å²) in [5.74, 6) is 0.596. The monoisotopic (exact) mass is 241 g/mol. The summed E-state index contributed by atoms with van der Waals surface area (Å²) in [5.41, 5.74) is 0. The highest BCUT2D eigenvalue weighted by atomic mass is 16.4. The quantitative estimate of drug-likeness (QED) is 0.511. The van der Waals surface area contributed by atoms with Gasteiger partial charge in [0.05, 0.1) is 13.1 Å². The van der Waals surface area contributed by atoms with Crippen molar-refractivity contribution in [2.45, 2.75) is 6.92 Å². The average Bonchev–Trinajstić information content (AvgIpc) is 2.30.